The molecule has 1 aliphatic rings. The average molecular weight is 152 g/mol. The van der Waals surface area contributed by atoms with Gasteiger partial charge in [-0.2, -0.15) is 0 Å². The van der Waals surface area contributed by atoms with Crippen LogP contribution >= 0.6 is 0 Å². The Kier molecular flexibility index (Phi) is 2.50. The summed E-state index contributed by atoms with van der Waals surface area (Å²) >= 11 is 0. The summed E-state index contributed by atoms with van der Waals surface area (Å²) in [6, 6.07) is 0. The molecule has 1 heteroatoms. The summed E-state index contributed by atoms with van der Waals surface area (Å²) in [5.41, 5.74) is 0.545. The van der Waals surface area contributed by atoms with Crippen molar-refractivity contribution in [2.75, 3.05) is 0 Å². The van der Waals surface area contributed by atoms with E-state index in [1.165, 1.54) is 0 Å². The highest BCUT2D eigenvalue weighted by atomic mass is 16.3. The Morgan fingerprint density at radius 1 is 1.82 bits per heavy atom. The monoisotopic (exact) mass is 152 g/mol. The first-order valence-electron chi connectivity index (χ1n) is 4.19. The summed E-state index contributed by atoms with van der Waals surface area (Å²) in [4.78, 5) is 0. The number of hydrogen-bond donors (Lipinski definition) is 1. The molecule has 1 nitrogen and oxygen atoms in total. The van der Waals surface area contributed by atoms with Crippen LogP contribution in [0, 0.1) is 0 Å². The van der Waals surface area contributed by atoms with Gasteiger partial charge in [-0.1, -0.05) is 12.2 Å². The van der Waals surface area contributed by atoms with Crippen molar-refractivity contribution >= 4 is 0 Å². The molecule has 0 saturated heterocycles. The van der Waals surface area contributed by atoms with Gasteiger partial charge in [0.2, 0.25) is 0 Å². The van der Waals surface area contributed by atoms with Gasteiger partial charge in [-0.3, -0.25) is 0 Å². The second kappa shape index (κ2) is 3.22. The molecule has 0 aromatic carbocycles. The lowest BCUT2D eigenvalue weighted by molar-refractivity contribution is 0.0648. The first-order valence-corrected chi connectivity index (χ1v) is 4.19. The molecule has 0 aromatic rings. The van der Waals surface area contributed by atoms with Gasteiger partial charge in [-0.05, 0) is 38.2 Å². The van der Waals surface area contributed by atoms with Crippen LogP contribution in [0.5, 0.6) is 0 Å². The standard InChI is InChI=1S/C10H16O/c1-3-7-10(11)8-5-4-6-9(10)2/h3,6,11H,1,4-5,7-8H2,2H3/t10-/m0/s1. The van der Waals surface area contributed by atoms with Gasteiger partial charge >= 0.3 is 0 Å². The van der Waals surface area contributed by atoms with E-state index in [0.717, 1.165) is 24.8 Å². The van der Waals surface area contributed by atoms with Crippen LogP contribution in [0.25, 0.3) is 0 Å². The molecule has 0 saturated carbocycles. The van der Waals surface area contributed by atoms with Crippen LogP contribution < -0.4 is 0 Å². The van der Waals surface area contributed by atoms with Gasteiger partial charge in [0.15, 0.2) is 0 Å². The highest BCUT2D eigenvalue weighted by molar-refractivity contribution is 5.18. The van der Waals surface area contributed by atoms with E-state index in [-0.39, 0.29) is 0 Å². The van der Waals surface area contributed by atoms with Crippen molar-refractivity contribution in [1.82, 2.24) is 0 Å². The maximum Gasteiger partial charge on any atom is 0.0888 e. The number of aliphatic hydroxyl groups is 1. The number of rotatable bonds is 2. The van der Waals surface area contributed by atoms with Crippen LogP contribution in [0.2, 0.25) is 0 Å². The third kappa shape index (κ3) is 1.72. The minimum absolute atomic E-state index is 0.569. The summed E-state index contributed by atoms with van der Waals surface area (Å²) in [6.45, 7) is 5.65. The number of allylic oxidation sites excluding steroid dienone is 1. The minimum Gasteiger partial charge on any atom is -0.385 e. The molecular weight excluding hydrogens is 136 g/mol. The Balaban J connectivity index is 2.73. The van der Waals surface area contributed by atoms with Crippen molar-refractivity contribution in [2.24, 2.45) is 0 Å². The van der Waals surface area contributed by atoms with E-state index in [4.69, 9.17) is 0 Å². The molecule has 0 heterocycles. The van der Waals surface area contributed by atoms with Gasteiger partial charge < -0.3 is 5.11 Å². The Morgan fingerprint density at radius 3 is 3.09 bits per heavy atom. The lowest BCUT2D eigenvalue weighted by atomic mass is 9.82. The zero-order chi connectivity index (χ0) is 8.32. The van der Waals surface area contributed by atoms with Gasteiger partial charge in [0.25, 0.3) is 0 Å². The SMILES string of the molecule is C=CC[C@]1(O)CCCC=C1C. The highest BCUT2D eigenvalue weighted by Gasteiger charge is 2.28. The Morgan fingerprint density at radius 2 is 2.55 bits per heavy atom. The van der Waals surface area contributed by atoms with Crippen LogP contribution in [-0.4, -0.2) is 10.7 Å². The molecule has 1 N–H and O–H groups in total. The van der Waals surface area contributed by atoms with Crippen molar-refractivity contribution in [3.63, 3.8) is 0 Å². The Bertz CT molecular complexity index is 181. The van der Waals surface area contributed by atoms with Crippen LogP contribution in [-0.2, 0) is 0 Å². The van der Waals surface area contributed by atoms with Gasteiger partial charge in [-0.15, -0.1) is 6.58 Å². The number of hydrogen-bond acceptors (Lipinski definition) is 1. The van der Waals surface area contributed by atoms with Crippen molar-refractivity contribution in [3.8, 4) is 0 Å². The normalized spacial score (nSPS) is 31.3. The molecule has 0 aromatic heterocycles. The fourth-order valence-electron chi connectivity index (χ4n) is 1.60. The zero-order valence-corrected chi connectivity index (χ0v) is 7.14. The highest BCUT2D eigenvalue weighted by Crippen LogP contribution is 2.31. The van der Waals surface area contributed by atoms with E-state index < -0.39 is 5.60 Å². The van der Waals surface area contributed by atoms with Gasteiger partial charge in [0, 0.05) is 0 Å². The summed E-state index contributed by atoms with van der Waals surface area (Å²) in [7, 11) is 0. The van der Waals surface area contributed by atoms with Crippen LogP contribution in [0.1, 0.15) is 32.6 Å². The third-order valence-electron chi connectivity index (χ3n) is 2.46. The van der Waals surface area contributed by atoms with Crippen LogP contribution in [0.15, 0.2) is 24.3 Å². The van der Waals surface area contributed by atoms with E-state index in [9.17, 15) is 5.11 Å². The van der Waals surface area contributed by atoms with Gasteiger partial charge in [-0.25, -0.2) is 0 Å². The van der Waals surface area contributed by atoms with Crippen molar-refractivity contribution < 1.29 is 5.11 Å². The molecule has 0 unspecified atom stereocenters. The molecule has 11 heavy (non-hydrogen) atoms. The summed E-state index contributed by atoms with van der Waals surface area (Å²) < 4.78 is 0. The van der Waals surface area contributed by atoms with Gasteiger partial charge in [0.05, 0.1) is 5.60 Å². The molecule has 0 fully saturated rings. The largest absolute Gasteiger partial charge is 0.385 e. The molecule has 0 spiro atoms. The van der Waals surface area contributed by atoms with E-state index in [2.05, 4.69) is 12.7 Å². The van der Waals surface area contributed by atoms with Crippen LogP contribution in [0.4, 0.5) is 0 Å². The van der Waals surface area contributed by atoms with E-state index in [0.29, 0.717) is 6.42 Å². The summed E-state index contributed by atoms with van der Waals surface area (Å²) in [6.07, 6.45) is 7.72. The summed E-state index contributed by atoms with van der Waals surface area (Å²) in [5.74, 6) is 0. The molecule has 0 bridgehead atoms. The fraction of sp³-hybridized carbons (Fsp3) is 0.600. The molecule has 0 amide bonds. The first kappa shape index (κ1) is 8.54. The average Bonchev–Trinajstić information content (AvgIpc) is 1.96. The second-order valence-electron chi connectivity index (χ2n) is 3.30. The third-order valence-corrected chi connectivity index (χ3v) is 2.46. The molecular formula is C10H16O. The van der Waals surface area contributed by atoms with E-state index in [1.807, 2.05) is 6.92 Å². The second-order valence-corrected chi connectivity index (χ2v) is 3.30. The quantitative estimate of drug-likeness (QED) is 0.602. The lowest BCUT2D eigenvalue weighted by Gasteiger charge is -2.31. The Labute approximate surface area is 68.4 Å². The molecule has 1 atom stereocenters. The fourth-order valence-corrected chi connectivity index (χ4v) is 1.60. The maximum absolute atomic E-state index is 10.0. The van der Waals surface area contributed by atoms with Crippen molar-refractivity contribution in [2.45, 2.75) is 38.2 Å². The van der Waals surface area contributed by atoms with Crippen LogP contribution in [0.3, 0.4) is 0 Å². The predicted octanol–water partition coefficient (Wildman–Crippen LogP) is 2.42. The van der Waals surface area contributed by atoms with Gasteiger partial charge in [0.1, 0.15) is 0 Å². The molecule has 1 aliphatic carbocycles. The zero-order valence-electron chi connectivity index (χ0n) is 7.14. The molecule has 0 aliphatic heterocycles. The van der Waals surface area contributed by atoms with Crippen molar-refractivity contribution in [3.05, 3.63) is 24.3 Å². The topological polar surface area (TPSA) is 20.2 Å². The lowest BCUT2D eigenvalue weighted by Crippen LogP contribution is -2.31. The molecule has 1 rings (SSSR count). The molecule has 62 valence electrons. The Hall–Kier alpha value is -0.560. The first-order chi connectivity index (χ1) is 5.19. The summed E-state index contributed by atoms with van der Waals surface area (Å²) in [5, 5.41) is 10.0. The van der Waals surface area contributed by atoms with Crippen molar-refractivity contribution in [1.29, 1.82) is 0 Å². The predicted molar refractivity (Wildman–Crippen MR) is 47.4 cm³/mol. The molecule has 0 radical (unpaired) electrons. The minimum atomic E-state index is -0.569. The smallest absolute Gasteiger partial charge is 0.0888 e. The van der Waals surface area contributed by atoms with E-state index >= 15 is 0 Å². The maximum atomic E-state index is 10.0. The van der Waals surface area contributed by atoms with E-state index in [1.54, 1.807) is 6.08 Å².